The lowest BCUT2D eigenvalue weighted by molar-refractivity contribution is -0.141. The topological polar surface area (TPSA) is 75.6 Å². The third-order valence-electron chi connectivity index (χ3n) is 2.57. The van der Waals surface area contributed by atoms with Crippen LogP contribution in [0.5, 0.6) is 5.75 Å². The van der Waals surface area contributed by atoms with Crippen LogP contribution in [-0.2, 0) is 16.0 Å². The van der Waals surface area contributed by atoms with Crippen molar-refractivity contribution >= 4 is 11.9 Å². The Hall–Kier alpha value is -2.04. The molecule has 1 aromatic rings. The molecule has 0 heterocycles. The maximum absolute atomic E-state index is 11.6. The van der Waals surface area contributed by atoms with Crippen molar-refractivity contribution in [3.63, 3.8) is 0 Å². The minimum absolute atomic E-state index is 0.160. The van der Waals surface area contributed by atoms with E-state index in [1.54, 1.807) is 38.3 Å². The van der Waals surface area contributed by atoms with Crippen molar-refractivity contribution in [3.8, 4) is 5.75 Å². The lowest BCUT2D eigenvalue weighted by Gasteiger charge is -2.12. The molecular formula is C13H17NO4. The Kier molecular flexibility index (Phi) is 5.17. The molecule has 0 aromatic heterocycles. The third kappa shape index (κ3) is 4.08. The Labute approximate surface area is 106 Å². The molecule has 1 atom stereocenters. The lowest BCUT2D eigenvalue weighted by Crippen LogP contribution is -2.40. The average molecular weight is 251 g/mol. The standard InChI is InChI=1S/C13H17NO4/c1-3-11(13(16)17)14-12(15)8-9-4-6-10(18-2)7-5-9/h4-7,11H,3,8H2,1-2H3,(H,14,15)(H,16,17). The van der Waals surface area contributed by atoms with Crippen LogP contribution in [0.1, 0.15) is 18.9 Å². The fraction of sp³-hybridized carbons (Fsp3) is 0.385. The maximum Gasteiger partial charge on any atom is 0.326 e. The Bertz CT molecular complexity index is 414. The predicted octanol–water partition coefficient (Wildman–Crippen LogP) is 1.22. The first-order valence-corrected chi connectivity index (χ1v) is 5.72. The van der Waals surface area contributed by atoms with E-state index in [0.29, 0.717) is 6.42 Å². The normalized spacial score (nSPS) is 11.7. The van der Waals surface area contributed by atoms with Crippen LogP contribution in [0.3, 0.4) is 0 Å². The van der Waals surface area contributed by atoms with Gasteiger partial charge in [-0.1, -0.05) is 19.1 Å². The number of carbonyl (C=O) groups excluding carboxylic acids is 1. The molecule has 0 aliphatic rings. The van der Waals surface area contributed by atoms with Crippen molar-refractivity contribution in [2.75, 3.05) is 7.11 Å². The molecule has 1 unspecified atom stereocenters. The lowest BCUT2D eigenvalue weighted by atomic mass is 10.1. The molecule has 0 fully saturated rings. The van der Waals surface area contributed by atoms with E-state index in [9.17, 15) is 9.59 Å². The van der Waals surface area contributed by atoms with Crippen molar-refractivity contribution in [3.05, 3.63) is 29.8 Å². The van der Waals surface area contributed by atoms with Crippen LogP contribution >= 0.6 is 0 Å². The van der Waals surface area contributed by atoms with Gasteiger partial charge in [0.15, 0.2) is 0 Å². The number of methoxy groups -OCH3 is 1. The minimum atomic E-state index is -1.01. The molecule has 5 heteroatoms. The summed E-state index contributed by atoms with van der Waals surface area (Å²) < 4.78 is 5.01. The minimum Gasteiger partial charge on any atom is -0.497 e. The molecule has 0 saturated carbocycles. The quantitative estimate of drug-likeness (QED) is 0.797. The molecule has 1 aromatic carbocycles. The average Bonchev–Trinajstić information content (AvgIpc) is 2.36. The second-order valence-corrected chi connectivity index (χ2v) is 3.89. The van der Waals surface area contributed by atoms with Crippen LogP contribution in [0.25, 0.3) is 0 Å². The summed E-state index contributed by atoms with van der Waals surface area (Å²) in [6.07, 6.45) is 0.525. The van der Waals surface area contributed by atoms with Crippen molar-refractivity contribution in [1.82, 2.24) is 5.32 Å². The zero-order chi connectivity index (χ0) is 13.5. The molecule has 2 N–H and O–H groups in total. The number of ether oxygens (including phenoxy) is 1. The van der Waals surface area contributed by atoms with Crippen LogP contribution in [-0.4, -0.2) is 30.1 Å². The van der Waals surface area contributed by atoms with Crippen molar-refractivity contribution in [1.29, 1.82) is 0 Å². The molecule has 1 rings (SSSR count). The van der Waals surface area contributed by atoms with Crippen molar-refractivity contribution in [2.24, 2.45) is 0 Å². The summed E-state index contributed by atoms with van der Waals surface area (Å²) in [6, 6.07) is 6.25. The van der Waals surface area contributed by atoms with Gasteiger partial charge in [0, 0.05) is 0 Å². The molecule has 0 aliphatic carbocycles. The number of rotatable bonds is 6. The van der Waals surface area contributed by atoms with Gasteiger partial charge in [0.2, 0.25) is 5.91 Å². The number of nitrogens with one attached hydrogen (secondary N) is 1. The van der Waals surface area contributed by atoms with E-state index in [4.69, 9.17) is 9.84 Å². The second kappa shape index (κ2) is 6.64. The number of carboxylic acids is 1. The summed E-state index contributed by atoms with van der Waals surface area (Å²) in [6.45, 7) is 1.71. The number of benzene rings is 1. The fourth-order valence-electron chi connectivity index (χ4n) is 1.51. The highest BCUT2D eigenvalue weighted by Crippen LogP contribution is 2.11. The first kappa shape index (κ1) is 14.0. The molecule has 0 radical (unpaired) electrons. The summed E-state index contributed by atoms with van der Waals surface area (Å²) in [5.74, 6) is -0.592. The number of aliphatic carboxylic acids is 1. The van der Waals surface area contributed by atoms with E-state index in [1.165, 1.54) is 0 Å². The zero-order valence-corrected chi connectivity index (χ0v) is 10.5. The van der Waals surface area contributed by atoms with Crippen molar-refractivity contribution < 1.29 is 19.4 Å². The van der Waals surface area contributed by atoms with Gasteiger partial charge in [-0.15, -0.1) is 0 Å². The van der Waals surface area contributed by atoms with Gasteiger partial charge in [-0.25, -0.2) is 4.79 Å². The molecular weight excluding hydrogens is 234 g/mol. The van der Waals surface area contributed by atoms with Gasteiger partial charge >= 0.3 is 5.97 Å². The first-order valence-electron chi connectivity index (χ1n) is 5.72. The van der Waals surface area contributed by atoms with Gasteiger partial charge in [0.05, 0.1) is 13.5 Å². The third-order valence-corrected chi connectivity index (χ3v) is 2.57. The second-order valence-electron chi connectivity index (χ2n) is 3.89. The van der Waals surface area contributed by atoms with Gasteiger partial charge in [-0.3, -0.25) is 4.79 Å². The van der Waals surface area contributed by atoms with E-state index in [-0.39, 0.29) is 12.3 Å². The van der Waals surface area contributed by atoms with E-state index in [1.807, 2.05) is 0 Å². The highest BCUT2D eigenvalue weighted by atomic mass is 16.5. The van der Waals surface area contributed by atoms with Crippen LogP contribution < -0.4 is 10.1 Å². The molecule has 5 nitrogen and oxygen atoms in total. The Morgan fingerprint density at radius 3 is 2.39 bits per heavy atom. The molecule has 0 saturated heterocycles. The van der Waals surface area contributed by atoms with Crippen LogP contribution in [0, 0.1) is 0 Å². The zero-order valence-electron chi connectivity index (χ0n) is 10.5. The molecule has 0 spiro atoms. The maximum atomic E-state index is 11.6. The van der Waals surface area contributed by atoms with Gasteiger partial charge in [0.1, 0.15) is 11.8 Å². The van der Waals surface area contributed by atoms with E-state index >= 15 is 0 Å². The number of carboxylic acid groups (broad SMARTS) is 1. The summed E-state index contributed by atoms with van der Waals surface area (Å²) >= 11 is 0. The summed E-state index contributed by atoms with van der Waals surface area (Å²) in [7, 11) is 1.57. The van der Waals surface area contributed by atoms with Crippen LogP contribution in [0.15, 0.2) is 24.3 Å². The number of amides is 1. The van der Waals surface area contributed by atoms with Gasteiger partial charge in [0.25, 0.3) is 0 Å². The highest BCUT2D eigenvalue weighted by molar-refractivity contribution is 5.84. The summed E-state index contributed by atoms with van der Waals surface area (Å²) in [4.78, 5) is 22.4. The van der Waals surface area contributed by atoms with E-state index in [2.05, 4.69) is 5.32 Å². The molecule has 98 valence electrons. The molecule has 0 aliphatic heterocycles. The van der Waals surface area contributed by atoms with Crippen molar-refractivity contribution in [2.45, 2.75) is 25.8 Å². The summed E-state index contributed by atoms with van der Waals surface area (Å²) in [5.41, 5.74) is 0.813. The van der Waals surface area contributed by atoms with Crippen LogP contribution in [0.4, 0.5) is 0 Å². The Balaban J connectivity index is 2.55. The predicted molar refractivity (Wildman–Crippen MR) is 66.6 cm³/mol. The fourth-order valence-corrected chi connectivity index (χ4v) is 1.51. The monoisotopic (exact) mass is 251 g/mol. The number of hydrogen-bond acceptors (Lipinski definition) is 3. The van der Waals surface area contributed by atoms with Gasteiger partial charge in [-0.05, 0) is 24.1 Å². The number of hydrogen-bond donors (Lipinski definition) is 2. The largest absolute Gasteiger partial charge is 0.497 e. The molecule has 1 amide bonds. The number of carbonyl (C=O) groups is 2. The molecule has 18 heavy (non-hydrogen) atoms. The highest BCUT2D eigenvalue weighted by Gasteiger charge is 2.17. The SMILES string of the molecule is CCC(NC(=O)Cc1ccc(OC)cc1)C(=O)O. The Morgan fingerprint density at radius 1 is 1.33 bits per heavy atom. The van der Waals surface area contributed by atoms with Gasteiger partial charge < -0.3 is 15.2 Å². The molecule has 0 bridgehead atoms. The van der Waals surface area contributed by atoms with Gasteiger partial charge in [-0.2, -0.15) is 0 Å². The Morgan fingerprint density at radius 2 is 1.94 bits per heavy atom. The van der Waals surface area contributed by atoms with E-state index < -0.39 is 12.0 Å². The summed E-state index contributed by atoms with van der Waals surface area (Å²) in [5, 5.41) is 11.3. The van der Waals surface area contributed by atoms with Crippen LogP contribution in [0.2, 0.25) is 0 Å². The van der Waals surface area contributed by atoms with E-state index in [0.717, 1.165) is 11.3 Å². The smallest absolute Gasteiger partial charge is 0.326 e. The first-order chi connectivity index (χ1) is 8.56.